The Morgan fingerprint density at radius 3 is 2.60 bits per heavy atom. The Hall–Kier alpha value is -0.580. The monoisotopic (exact) mass is 341 g/mol. The van der Waals surface area contributed by atoms with Crippen LogP contribution in [0.2, 0.25) is 0 Å². The van der Waals surface area contributed by atoms with E-state index in [0.717, 1.165) is 16.8 Å². The first-order chi connectivity index (χ1) is 9.57. The third-order valence-corrected chi connectivity index (χ3v) is 4.53. The van der Waals surface area contributed by atoms with Crippen molar-refractivity contribution < 1.29 is 9.84 Å². The van der Waals surface area contributed by atoms with Crippen LogP contribution in [0.4, 0.5) is 0 Å². The van der Waals surface area contributed by atoms with Crippen molar-refractivity contribution in [3.63, 3.8) is 0 Å². The summed E-state index contributed by atoms with van der Waals surface area (Å²) in [5.74, 6) is 0.787. The number of nitrogens with one attached hydrogen (secondary N) is 1. The van der Waals surface area contributed by atoms with Crippen LogP contribution >= 0.6 is 15.9 Å². The van der Waals surface area contributed by atoms with Crippen molar-refractivity contribution >= 4 is 15.9 Å². The van der Waals surface area contributed by atoms with Crippen molar-refractivity contribution in [1.82, 2.24) is 5.32 Å². The molecule has 0 aromatic heterocycles. The van der Waals surface area contributed by atoms with Gasteiger partial charge in [-0.25, -0.2) is 0 Å². The number of hydrogen-bond acceptors (Lipinski definition) is 3. The first-order valence-electron chi connectivity index (χ1n) is 7.35. The number of hydrogen-bond donors (Lipinski definition) is 2. The van der Waals surface area contributed by atoms with Crippen LogP contribution in [0.15, 0.2) is 28.7 Å². The van der Waals surface area contributed by atoms with Crippen LogP contribution in [0.1, 0.15) is 32.6 Å². The molecule has 1 aromatic rings. The molecule has 20 heavy (non-hydrogen) atoms. The Labute approximate surface area is 129 Å². The molecule has 0 bridgehead atoms. The highest BCUT2D eigenvalue weighted by Gasteiger charge is 2.28. The van der Waals surface area contributed by atoms with Gasteiger partial charge in [-0.15, -0.1) is 0 Å². The van der Waals surface area contributed by atoms with Crippen molar-refractivity contribution in [3.8, 4) is 5.75 Å². The number of aliphatic hydroxyl groups excluding tert-OH is 1. The van der Waals surface area contributed by atoms with Gasteiger partial charge in [0.05, 0.1) is 0 Å². The Balaban J connectivity index is 1.62. The fourth-order valence-electron chi connectivity index (χ4n) is 2.73. The molecule has 1 atom stereocenters. The molecule has 2 rings (SSSR count). The van der Waals surface area contributed by atoms with Gasteiger partial charge in [0, 0.05) is 17.6 Å². The van der Waals surface area contributed by atoms with E-state index in [9.17, 15) is 5.11 Å². The Bertz CT molecular complexity index is 401. The molecule has 4 heteroatoms. The van der Waals surface area contributed by atoms with Crippen molar-refractivity contribution in [3.05, 3.63) is 28.7 Å². The van der Waals surface area contributed by atoms with Gasteiger partial charge in [-0.2, -0.15) is 0 Å². The van der Waals surface area contributed by atoms with E-state index >= 15 is 0 Å². The molecule has 1 aliphatic rings. The highest BCUT2D eigenvalue weighted by Crippen LogP contribution is 2.36. The molecule has 0 aliphatic heterocycles. The minimum atomic E-state index is -0.469. The molecule has 112 valence electrons. The summed E-state index contributed by atoms with van der Waals surface area (Å²) in [5.41, 5.74) is 0.423. The third kappa shape index (κ3) is 5.08. The maximum Gasteiger partial charge on any atom is 0.119 e. The second kappa shape index (κ2) is 7.43. The summed E-state index contributed by atoms with van der Waals surface area (Å²) in [7, 11) is 0. The van der Waals surface area contributed by atoms with Crippen LogP contribution in [0, 0.1) is 5.41 Å². The molecule has 0 saturated heterocycles. The quantitative estimate of drug-likeness (QED) is 0.798. The summed E-state index contributed by atoms with van der Waals surface area (Å²) in [6.07, 6.45) is 4.81. The second-order valence-electron chi connectivity index (χ2n) is 6.07. The molecule has 1 aromatic carbocycles. The average molecular weight is 342 g/mol. The van der Waals surface area contributed by atoms with Crippen LogP contribution in [-0.4, -0.2) is 30.9 Å². The molecule has 1 aliphatic carbocycles. The van der Waals surface area contributed by atoms with Gasteiger partial charge < -0.3 is 15.2 Å². The minimum absolute atomic E-state index is 0.325. The maximum atomic E-state index is 9.93. The van der Waals surface area contributed by atoms with Crippen LogP contribution < -0.4 is 10.1 Å². The lowest BCUT2D eigenvalue weighted by Crippen LogP contribution is -2.37. The van der Waals surface area contributed by atoms with E-state index in [1.165, 1.54) is 25.7 Å². The lowest BCUT2D eigenvalue weighted by atomic mass is 9.89. The molecule has 0 heterocycles. The maximum absolute atomic E-state index is 9.93. The van der Waals surface area contributed by atoms with Gasteiger partial charge in [0.2, 0.25) is 0 Å². The first kappa shape index (κ1) is 15.8. The lowest BCUT2D eigenvalue weighted by molar-refractivity contribution is 0.103. The minimum Gasteiger partial charge on any atom is -0.491 e. The van der Waals surface area contributed by atoms with Gasteiger partial charge in [-0.05, 0) is 42.5 Å². The molecular weight excluding hydrogens is 318 g/mol. The molecule has 0 spiro atoms. The average Bonchev–Trinajstić information content (AvgIpc) is 2.85. The van der Waals surface area contributed by atoms with E-state index < -0.39 is 6.10 Å². The van der Waals surface area contributed by atoms with Gasteiger partial charge in [-0.3, -0.25) is 0 Å². The predicted octanol–water partition coefficient (Wildman–Crippen LogP) is 3.36. The fraction of sp³-hybridized carbons (Fsp3) is 0.625. The summed E-state index contributed by atoms with van der Waals surface area (Å²) in [5, 5.41) is 13.3. The molecule has 0 amide bonds. The zero-order valence-corrected chi connectivity index (χ0v) is 13.7. The van der Waals surface area contributed by atoms with Crippen LogP contribution in [0.5, 0.6) is 5.75 Å². The van der Waals surface area contributed by atoms with E-state index in [4.69, 9.17) is 4.74 Å². The zero-order chi connectivity index (χ0) is 14.4. The van der Waals surface area contributed by atoms with E-state index in [0.29, 0.717) is 18.6 Å². The Morgan fingerprint density at radius 2 is 1.95 bits per heavy atom. The predicted molar refractivity (Wildman–Crippen MR) is 85.1 cm³/mol. The SMILES string of the molecule is CC1(CNCC(O)COc2ccc(Br)cc2)CCCC1. The molecule has 1 fully saturated rings. The third-order valence-electron chi connectivity index (χ3n) is 4.00. The van der Waals surface area contributed by atoms with Crippen LogP contribution in [-0.2, 0) is 0 Å². The molecule has 0 radical (unpaired) electrons. The van der Waals surface area contributed by atoms with Gasteiger partial charge in [0.15, 0.2) is 0 Å². The van der Waals surface area contributed by atoms with Crippen molar-refractivity contribution in [2.24, 2.45) is 5.41 Å². The molecule has 1 unspecified atom stereocenters. The zero-order valence-electron chi connectivity index (χ0n) is 12.1. The van der Waals surface area contributed by atoms with Gasteiger partial charge >= 0.3 is 0 Å². The van der Waals surface area contributed by atoms with Crippen molar-refractivity contribution in [1.29, 1.82) is 0 Å². The fourth-order valence-corrected chi connectivity index (χ4v) is 2.99. The van der Waals surface area contributed by atoms with E-state index in [2.05, 4.69) is 28.2 Å². The summed E-state index contributed by atoms with van der Waals surface area (Å²) >= 11 is 3.38. The number of aliphatic hydroxyl groups is 1. The summed E-state index contributed by atoms with van der Waals surface area (Å²) < 4.78 is 6.58. The van der Waals surface area contributed by atoms with Crippen molar-refractivity contribution in [2.75, 3.05) is 19.7 Å². The highest BCUT2D eigenvalue weighted by atomic mass is 79.9. The summed E-state index contributed by atoms with van der Waals surface area (Å²) in [6, 6.07) is 7.65. The Kier molecular flexibility index (Phi) is 5.87. The van der Waals surface area contributed by atoms with E-state index in [1.54, 1.807) is 0 Å². The summed E-state index contributed by atoms with van der Waals surface area (Å²) in [6.45, 7) is 4.23. The summed E-state index contributed by atoms with van der Waals surface area (Å²) in [4.78, 5) is 0. The molecule has 2 N–H and O–H groups in total. The number of rotatable bonds is 7. The van der Waals surface area contributed by atoms with Gasteiger partial charge in [0.1, 0.15) is 18.5 Å². The highest BCUT2D eigenvalue weighted by molar-refractivity contribution is 9.10. The van der Waals surface area contributed by atoms with Crippen molar-refractivity contribution in [2.45, 2.75) is 38.7 Å². The largest absolute Gasteiger partial charge is 0.491 e. The van der Waals surface area contributed by atoms with Crippen LogP contribution in [0.25, 0.3) is 0 Å². The molecular formula is C16H24BrNO2. The first-order valence-corrected chi connectivity index (χ1v) is 8.14. The number of benzene rings is 1. The topological polar surface area (TPSA) is 41.5 Å². The molecule has 1 saturated carbocycles. The van der Waals surface area contributed by atoms with E-state index in [-0.39, 0.29) is 0 Å². The smallest absolute Gasteiger partial charge is 0.119 e. The standard InChI is InChI=1S/C16H24BrNO2/c1-16(8-2-3-9-16)12-18-10-14(19)11-20-15-6-4-13(17)5-7-15/h4-7,14,18-19H,2-3,8-12H2,1H3. The number of ether oxygens (including phenoxy) is 1. The van der Waals surface area contributed by atoms with Crippen LogP contribution in [0.3, 0.4) is 0 Å². The van der Waals surface area contributed by atoms with E-state index in [1.807, 2.05) is 24.3 Å². The number of halogens is 1. The van der Waals surface area contributed by atoms with Gasteiger partial charge in [-0.1, -0.05) is 35.7 Å². The molecule has 3 nitrogen and oxygen atoms in total. The second-order valence-corrected chi connectivity index (χ2v) is 6.98. The van der Waals surface area contributed by atoms with Gasteiger partial charge in [0.25, 0.3) is 0 Å². The Morgan fingerprint density at radius 1 is 1.30 bits per heavy atom. The normalized spacial score (nSPS) is 18.9. The lowest BCUT2D eigenvalue weighted by Gasteiger charge is -2.24.